The standard InChI is InChI=1S/C25H27FN2O4S/c1-17(2)32-16-20-9-5-4-8-19(20)15-27-25(29)22-14-21(13-12-18(22)3)33(30,31)28-24-11-7-6-10-23(24)26/h4-14,17,28H,15-16H2,1-3H3,(H,27,29). The smallest absolute Gasteiger partial charge is 0.262 e. The Bertz CT molecular complexity index is 1240. The molecule has 0 radical (unpaired) electrons. The van der Waals surface area contributed by atoms with E-state index in [0.29, 0.717) is 12.2 Å². The number of nitrogens with one attached hydrogen (secondary N) is 2. The van der Waals surface area contributed by atoms with Crippen LogP contribution < -0.4 is 10.0 Å². The highest BCUT2D eigenvalue weighted by Crippen LogP contribution is 2.21. The van der Waals surface area contributed by atoms with Gasteiger partial charge >= 0.3 is 0 Å². The van der Waals surface area contributed by atoms with E-state index < -0.39 is 21.7 Å². The molecule has 0 unspecified atom stereocenters. The molecule has 0 aliphatic carbocycles. The SMILES string of the molecule is Cc1ccc(S(=O)(=O)Nc2ccccc2F)cc1C(=O)NCc1ccccc1COC(C)C. The molecule has 3 aromatic rings. The molecule has 8 heteroatoms. The summed E-state index contributed by atoms with van der Waals surface area (Å²) in [5.74, 6) is -1.10. The molecule has 0 spiro atoms. The average molecular weight is 471 g/mol. The number of hydrogen-bond acceptors (Lipinski definition) is 4. The molecule has 0 atom stereocenters. The van der Waals surface area contributed by atoms with Gasteiger partial charge in [0, 0.05) is 12.1 Å². The van der Waals surface area contributed by atoms with Crippen molar-refractivity contribution in [2.24, 2.45) is 0 Å². The molecule has 33 heavy (non-hydrogen) atoms. The van der Waals surface area contributed by atoms with Gasteiger partial charge in [-0.3, -0.25) is 9.52 Å². The zero-order chi connectivity index (χ0) is 24.0. The van der Waals surface area contributed by atoms with E-state index in [1.54, 1.807) is 13.0 Å². The van der Waals surface area contributed by atoms with Crippen LogP contribution in [0.1, 0.15) is 40.9 Å². The van der Waals surface area contributed by atoms with E-state index in [4.69, 9.17) is 4.74 Å². The Labute approximate surface area is 193 Å². The molecule has 2 N–H and O–H groups in total. The summed E-state index contributed by atoms with van der Waals surface area (Å²) in [5, 5.41) is 2.85. The molecule has 1 amide bonds. The Hall–Kier alpha value is -3.23. The highest BCUT2D eigenvalue weighted by atomic mass is 32.2. The first kappa shape index (κ1) is 24.4. The van der Waals surface area contributed by atoms with Crippen LogP contribution >= 0.6 is 0 Å². The molecule has 0 aliphatic rings. The lowest BCUT2D eigenvalue weighted by Gasteiger charge is -2.14. The van der Waals surface area contributed by atoms with Crippen molar-refractivity contribution in [3.05, 3.63) is 94.8 Å². The van der Waals surface area contributed by atoms with E-state index in [1.165, 1.54) is 30.3 Å². The van der Waals surface area contributed by atoms with Crippen LogP contribution in [0.5, 0.6) is 0 Å². The normalized spacial score (nSPS) is 11.4. The summed E-state index contributed by atoms with van der Waals surface area (Å²) >= 11 is 0. The lowest BCUT2D eigenvalue weighted by atomic mass is 10.1. The summed E-state index contributed by atoms with van der Waals surface area (Å²) in [4.78, 5) is 12.8. The van der Waals surface area contributed by atoms with Crippen LogP contribution in [-0.2, 0) is 27.9 Å². The summed E-state index contributed by atoms with van der Waals surface area (Å²) in [5.41, 5.74) is 2.56. The Morgan fingerprint density at radius 3 is 2.36 bits per heavy atom. The van der Waals surface area contributed by atoms with Crippen molar-refractivity contribution in [3.63, 3.8) is 0 Å². The van der Waals surface area contributed by atoms with Crippen molar-refractivity contribution in [2.45, 2.75) is 44.9 Å². The van der Waals surface area contributed by atoms with Gasteiger partial charge in [-0.05, 0) is 61.7 Å². The zero-order valence-corrected chi connectivity index (χ0v) is 19.6. The van der Waals surface area contributed by atoms with Crippen molar-refractivity contribution >= 4 is 21.6 Å². The second-order valence-corrected chi connectivity index (χ2v) is 9.56. The van der Waals surface area contributed by atoms with Gasteiger partial charge in [0.15, 0.2) is 0 Å². The summed E-state index contributed by atoms with van der Waals surface area (Å²) in [7, 11) is -4.08. The number of hydrogen-bond donors (Lipinski definition) is 2. The van der Waals surface area contributed by atoms with Crippen molar-refractivity contribution in [3.8, 4) is 0 Å². The van der Waals surface area contributed by atoms with Crippen molar-refractivity contribution in [1.29, 1.82) is 0 Å². The molecule has 6 nitrogen and oxygen atoms in total. The van der Waals surface area contributed by atoms with Crippen molar-refractivity contribution in [2.75, 3.05) is 4.72 Å². The molecule has 0 saturated heterocycles. The van der Waals surface area contributed by atoms with Crippen LogP contribution in [-0.4, -0.2) is 20.4 Å². The first-order chi connectivity index (χ1) is 15.7. The number of ether oxygens (including phenoxy) is 1. The largest absolute Gasteiger partial charge is 0.374 e. The molecule has 3 aromatic carbocycles. The van der Waals surface area contributed by atoms with Crippen LogP contribution in [0.4, 0.5) is 10.1 Å². The zero-order valence-electron chi connectivity index (χ0n) is 18.8. The maximum atomic E-state index is 13.9. The molecule has 0 aromatic heterocycles. The van der Waals surface area contributed by atoms with Crippen molar-refractivity contribution in [1.82, 2.24) is 5.32 Å². The Kier molecular flexibility index (Phi) is 7.84. The minimum Gasteiger partial charge on any atom is -0.374 e. The second-order valence-electron chi connectivity index (χ2n) is 7.87. The van der Waals surface area contributed by atoms with Gasteiger partial charge in [0.25, 0.3) is 15.9 Å². The van der Waals surface area contributed by atoms with Gasteiger partial charge in [0.05, 0.1) is 23.3 Å². The monoisotopic (exact) mass is 470 g/mol. The maximum Gasteiger partial charge on any atom is 0.262 e. The molecule has 0 fully saturated rings. The number of amides is 1. The summed E-state index contributed by atoms with van der Waals surface area (Å²) in [6.45, 7) is 6.32. The number of anilines is 1. The van der Waals surface area contributed by atoms with Gasteiger partial charge < -0.3 is 10.1 Å². The number of benzene rings is 3. The molecule has 0 heterocycles. The number of rotatable bonds is 9. The fraction of sp³-hybridized carbons (Fsp3) is 0.240. The molecule has 174 valence electrons. The number of aryl methyl sites for hydroxylation is 1. The molecule has 3 rings (SSSR count). The number of halogens is 1. The Morgan fingerprint density at radius 2 is 1.67 bits per heavy atom. The van der Waals surface area contributed by atoms with Gasteiger partial charge in [-0.15, -0.1) is 0 Å². The first-order valence-corrected chi connectivity index (χ1v) is 12.0. The summed E-state index contributed by atoms with van der Waals surface area (Å²) in [6.07, 6.45) is 0.0814. The molecular weight excluding hydrogens is 443 g/mol. The van der Waals surface area contributed by atoms with E-state index in [1.807, 2.05) is 38.1 Å². The average Bonchev–Trinajstić information content (AvgIpc) is 2.78. The van der Waals surface area contributed by atoms with Crippen LogP contribution in [0.3, 0.4) is 0 Å². The van der Waals surface area contributed by atoms with E-state index >= 15 is 0 Å². The number of carbonyl (C=O) groups excluding carboxylic acids is 1. The van der Waals surface area contributed by atoms with Crippen LogP contribution in [0.15, 0.2) is 71.6 Å². The third kappa shape index (κ3) is 6.40. The fourth-order valence-corrected chi connectivity index (χ4v) is 4.25. The van der Waals surface area contributed by atoms with E-state index in [2.05, 4.69) is 10.0 Å². The van der Waals surface area contributed by atoms with E-state index in [-0.39, 0.29) is 28.8 Å². The third-order valence-electron chi connectivity index (χ3n) is 5.01. The maximum absolute atomic E-state index is 13.9. The molecular formula is C25H27FN2O4S. The number of para-hydroxylation sites is 1. The molecule has 0 bridgehead atoms. The highest BCUT2D eigenvalue weighted by Gasteiger charge is 2.19. The van der Waals surface area contributed by atoms with Gasteiger partial charge in [-0.1, -0.05) is 42.5 Å². The topological polar surface area (TPSA) is 84.5 Å². The predicted octanol–water partition coefficient (Wildman–Crippen LogP) is 4.79. The van der Waals surface area contributed by atoms with Gasteiger partial charge in [-0.25, -0.2) is 12.8 Å². The van der Waals surface area contributed by atoms with Crippen LogP contribution in [0.2, 0.25) is 0 Å². The van der Waals surface area contributed by atoms with Gasteiger partial charge in [0.1, 0.15) is 5.82 Å². The fourth-order valence-electron chi connectivity index (χ4n) is 3.16. The lowest BCUT2D eigenvalue weighted by molar-refractivity contribution is 0.0651. The Morgan fingerprint density at radius 1 is 1.00 bits per heavy atom. The highest BCUT2D eigenvalue weighted by molar-refractivity contribution is 7.92. The Balaban J connectivity index is 1.77. The predicted molar refractivity (Wildman–Crippen MR) is 126 cm³/mol. The van der Waals surface area contributed by atoms with Crippen molar-refractivity contribution < 1.29 is 22.3 Å². The third-order valence-corrected chi connectivity index (χ3v) is 6.38. The molecule has 0 aliphatic heterocycles. The van der Waals surface area contributed by atoms with Crippen LogP contribution in [0, 0.1) is 12.7 Å². The lowest BCUT2D eigenvalue weighted by Crippen LogP contribution is -2.25. The first-order valence-electron chi connectivity index (χ1n) is 10.5. The summed E-state index contributed by atoms with van der Waals surface area (Å²) in [6, 6.07) is 17.4. The number of sulfonamides is 1. The van der Waals surface area contributed by atoms with Gasteiger partial charge in [0.2, 0.25) is 0 Å². The van der Waals surface area contributed by atoms with Gasteiger partial charge in [-0.2, -0.15) is 0 Å². The minimum atomic E-state index is -4.08. The molecule has 0 saturated carbocycles. The summed E-state index contributed by atoms with van der Waals surface area (Å²) < 4.78 is 47.3. The van der Waals surface area contributed by atoms with E-state index in [9.17, 15) is 17.6 Å². The number of carbonyl (C=O) groups is 1. The quantitative estimate of drug-likeness (QED) is 0.471. The second kappa shape index (κ2) is 10.6. The van der Waals surface area contributed by atoms with Crippen LogP contribution in [0.25, 0.3) is 0 Å². The minimum absolute atomic E-state index is 0.0814. The van der Waals surface area contributed by atoms with E-state index in [0.717, 1.165) is 17.2 Å².